The minimum absolute atomic E-state index is 0. The van der Waals surface area contributed by atoms with Crippen LogP contribution in [-0.2, 0) is 6.54 Å². The van der Waals surface area contributed by atoms with Crippen molar-refractivity contribution >= 4 is 18.3 Å². The topological polar surface area (TPSA) is 68.3 Å². The van der Waals surface area contributed by atoms with Gasteiger partial charge in [-0.3, -0.25) is 4.79 Å². The molecule has 0 aliphatic heterocycles. The van der Waals surface area contributed by atoms with E-state index in [0.717, 1.165) is 0 Å². The van der Waals surface area contributed by atoms with E-state index in [-0.39, 0.29) is 24.4 Å². The van der Waals surface area contributed by atoms with Gasteiger partial charge in [0, 0.05) is 6.04 Å². The lowest BCUT2D eigenvalue weighted by Crippen LogP contribution is -2.33. The largest absolute Gasteiger partial charge is 0.467 e. The second-order valence-corrected chi connectivity index (χ2v) is 4.11. The Balaban J connectivity index is 0.00000128. The first-order valence-electron chi connectivity index (χ1n) is 5.29. The maximum Gasteiger partial charge on any atom is 0.254 e. The Labute approximate surface area is 101 Å². The Morgan fingerprint density at radius 1 is 1.69 bits per heavy atom. The fraction of sp³-hybridized carbons (Fsp3) is 0.545. The highest BCUT2D eigenvalue weighted by atomic mass is 35.5. The van der Waals surface area contributed by atoms with Crippen LogP contribution in [0, 0.1) is 5.92 Å². The zero-order valence-electron chi connectivity index (χ0n) is 9.23. The molecule has 1 atom stereocenters. The van der Waals surface area contributed by atoms with Crippen LogP contribution in [-0.4, -0.2) is 11.9 Å². The van der Waals surface area contributed by atoms with Gasteiger partial charge in [-0.2, -0.15) is 0 Å². The third kappa shape index (κ3) is 3.00. The van der Waals surface area contributed by atoms with Gasteiger partial charge in [-0.15, -0.1) is 12.4 Å². The number of carbonyl (C=O) groups is 1. The molecule has 1 aliphatic carbocycles. The molecule has 90 valence electrons. The van der Waals surface area contributed by atoms with Gasteiger partial charge in [-0.1, -0.05) is 0 Å². The highest BCUT2D eigenvalue weighted by Crippen LogP contribution is 2.32. The van der Waals surface area contributed by atoms with E-state index < -0.39 is 0 Å². The first kappa shape index (κ1) is 13.1. The van der Waals surface area contributed by atoms with Crippen LogP contribution in [0.5, 0.6) is 0 Å². The molecule has 0 aromatic carbocycles. The molecule has 1 heterocycles. The number of furan rings is 1. The summed E-state index contributed by atoms with van der Waals surface area (Å²) >= 11 is 0. The Kier molecular flexibility index (Phi) is 4.38. The number of hydrogen-bond acceptors (Lipinski definition) is 3. The minimum Gasteiger partial charge on any atom is -0.467 e. The minimum atomic E-state index is -0.0714. The molecule has 1 unspecified atom stereocenters. The van der Waals surface area contributed by atoms with Crippen molar-refractivity contribution in [2.75, 3.05) is 0 Å². The summed E-state index contributed by atoms with van der Waals surface area (Å²) in [6.07, 6.45) is 3.90. The van der Waals surface area contributed by atoms with Gasteiger partial charge < -0.3 is 15.5 Å². The summed E-state index contributed by atoms with van der Waals surface area (Å²) in [5.41, 5.74) is 5.96. The molecule has 5 heteroatoms. The molecule has 1 fully saturated rings. The molecule has 1 amide bonds. The van der Waals surface area contributed by atoms with E-state index in [0.29, 0.717) is 23.8 Å². The van der Waals surface area contributed by atoms with E-state index in [1.54, 1.807) is 6.07 Å². The molecule has 1 aliphatic rings. The van der Waals surface area contributed by atoms with E-state index >= 15 is 0 Å². The van der Waals surface area contributed by atoms with Crippen LogP contribution in [0.25, 0.3) is 0 Å². The lowest BCUT2D eigenvalue weighted by molar-refractivity contribution is 0.0935. The monoisotopic (exact) mass is 244 g/mol. The summed E-state index contributed by atoms with van der Waals surface area (Å²) in [7, 11) is 0. The number of halogens is 1. The molecule has 16 heavy (non-hydrogen) atoms. The average Bonchev–Trinajstić information content (AvgIpc) is 2.96. The van der Waals surface area contributed by atoms with Gasteiger partial charge in [0.2, 0.25) is 0 Å². The Morgan fingerprint density at radius 3 is 2.88 bits per heavy atom. The molecule has 4 nitrogen and oxygen atoms in total. The lowest BCUT2D eigenvalue weighted by atomic mass is 10.2. The number of amides is 1. The molecule has 0 saturated heterocycles. The molecule has 0 spiro atoms. The standard InChI is InChI=1S/C11H16N2O2.ClH/c1-7(8-2-3-8)13-11(14)9-4-10(5-12)15-6-9;/h4,6-8H,2-3,5,12H2,1H3,(H,13,14);1H. The lowest BCUT2D eigenvalue weighted by Gasteiger charge is -2.11. The van der Waals surface area contributed by atoms with E-state index in [4.69, 9.17) is 10.2 Å². The molecule has 1 aromatic rings. The second-order valence-electron chi connectivity index (χ2n) is 4.11. The molecule has 2 rings (SSSR count). The molecular weight excluding hydrogens is 228 g/mol. The third-order valence-electron chi connectivity index (χ3n) is 2.81. The predicted molar refractivity (Wildman–Crippen MR) is 63.5 cm³/mol. The molecular formula is C11H17ClN2O2. The number of carbonyl (C=O) groups excluding carboxylic acids is 1. The maximum absolute atomic E-state index is 11.7. The van der Waals surface area contributed by atoms with Crippen LogP contribution in [0.4, 0.5) is 0 Å². The number of hydrogen-bond donors (Lipinski definition) is 2. The van der Waals surface area contributed by atoms with Crippen molar-refractivity contribution in [1.29, 1.82) is 0 Å². The Morgan fingerprint density at radius 2 is 2.38 bits per heavy atom. The van der Waals surface area contributed by atoms with Crippen molar-refractivity contribution in [3.8, 4) is 0 Å². The fourth-order valence-electron chi connectivity index (χ4n) is 1.61. The van der Waals surface area contributed by atoms with Crippen molar-refractivity contribution in [3.05, 3.63) is 23.7 Å². The van der Waals surface area contributed by atoms with Crippen molar-refractivity contribution < 1.29 is 9.21 Å². The van der Waals surface area contributed by atoms with Crippen molar-refractivity contribution in [3.63, 3.8) is 0 Å². The average molecular weight is 245 g/mol. The molecule has 0 bridgehead atoms. The Bertz CT molecular complexity index is 361. The van der Waals surface area contributed by atoms with Crippen LogP contribution >= 0.6 is 12.4 Å². The quantitative estimate of drug-likeness (QED) is 0.847. The van der Waals surface area contributed by atoms with E-state index in [2.05, 4.69) is 5.32 Å². The SMILES string of the molecule is CC(NC(=O)c1coc(CN)c1)C1CC1.Cl. The van der Waals surface area contributed by atoms with E-state index in [9.17, 15) is 4.79 Å². The van der Waals surface area contributed by atoms with Crippen LogP contribution in [0.2, 0.25) is 0 Å². The van der Waals surface area contributed by atoms with Crippen LogP contribution in [0.15, 0.2) is 16.7 Å². The van der Waals surface area contributed by atoms with Gasteiger partial charge in [0.05, 0.1) is 12.1 Å². The molecule has 3 N–H and O–H groups in total. The summed E-state index contributed by atoms with van der Waals surface area (Å²) in [5.74, 6) is 1.23. The maximum atomic E-state index is 11.7. The van der Waals surface area contributed by atoms with Crippen molar-refractivity contribution in [2.24, 2.45) is 11.7 Å². The van der Waals surface area contributed by atoms with Gasteiger partial charge in [0.25, 0.3) is 5.91 Å². The van der Waals surface area contributed by atoms with Crippen molar-refractivity contribution in [2.45, 2.75) is 32.4 Å². The Hall–Kier alpha value is -1.00. The van der Waals surface area contributed by atoms with Gasteiger partial charge >= 0.3 is 0 Å². The number of nitrogens with two attached hydrogens (primary N) is 1. The van der Waals surface area contributed by atoms with Crippen LogP contribution < -0.4 is 11.1 Å². The molecule has 0 radical (unpaired) electrons. The molecule has 1 saturated carbocycles. The third-order valence-corrected chi connectivity index (χ3v) is 2.81. The molecule has 1 aromatic heterocycles. The fourth-order valence-corrected chi connectivity index (χ4v) is 1.61. The smallest absolute Gasteiger partial charge is 0.254 e. The van der Waals surface area contributed by atoms with Gasteiger partial charge in [0.1, 0.15) is 12.0 Å². The van der Waals surface area contributed by atoms with Crippen molar-refractivity contribution in [1.82, 2.24) is 5.32 Å². The number of nitrogens with one attached hydrogen (secondary N) is 1. The second kappa shape index (κ2) is 5.37. The first-order chi connectivity index (χ1) is 7.20. The predicted octanol–water partition coefficient (Wildman–Crippen LogP) is 1.69. The van der Waals surface area contributed by atoms with Gasteiger partial charge in [-0.05, 0) is 31.7 Å². The zero-order chi connectivity index (χ0) is 10.8. The highest BCUT2D eigenvalue weighted by Gasteiger charge is 2.29. The van der Waals surface area contributed by atoms with E-state index in [1.165, 1.54) is 19.1 Å². The van der Waals surface area contributed by atoms with Gasteiger partial charge in [0.15, 0.2) is 0 Å². The summed E-state index contributed by atoms with van der Waals surface area (Å²) < 4.78 is 5.11. The summed E-state index contributed by atoms with van der Waals surface area (Å²) in [5, 5.41) is 2.96. The number of rotatable bonds is 4. The van der Waals surface area contributed by atoms with Crippen LogP contribution in [0.1, 0.15) is 35.9 Å². The normalized spacial score (nSPS) is 16.4. The summed E-state index contributed by atoms with van der Waals surface area (Å²) in [6, 6.07) is 1.95. The highest BCUT2D eigenvalue weighted by molar-refractivity contribution is 5.94. The van der Waals surface area contributed by atoms with Crippen LogP contribution in [0.3, 0.4) is 0 Å². The van der Waals surface area contributed by atoms with E-state index in [1.807, 2.05) is 6.92 Å². The summed E-state index contributed by atoms with van der Waals surface area (Å²) in [4.78, 5) is 11.7. The van der Waals surface area contributed by atoms with Gasteiger partial charge in [-0.25, -0.2) is 0 Å². The zero-order valence-corrected chi connectivity index (χ0v) is 10.0. The first-order valence-corrected chi connectivity index (χ1v) is 5.29. The summed E-state index contributed by atoms with van der Waals surface area (Å²) in [6.45, 7) is 2.37.